The van der Waals surface area contributed by atoms with E-state index in [4.69, 9.17) is 26.8 Å². The van der Waals surface area contributed by atoms with Gasteiger partial charge in [-0.05, 0) is 18.2 Å². The lowest BCUT2D eigenvalue weighted by molar-refractivity contribution is 0.102. The molecular weight excluding hydrogens is 474 g/mol. The largest absolute Gasteiger partial charge is 0.384 e. The molecule has 13 heteroatoms. The molecule has 0 amide bonds. The van der Waals surface area contributed by atoms with Crippen molar-refractivity contribution < 1.29 is 14.3 Å². The summed E-state index contributed by atoms with van der Waals surface area (Å²) in [5.74, 6) is -1.12. The van der Waals surface area contributed by atoms with Crippen LogP contribution in [0.25, 0.3) is 10.9 Å². The van der Waals surface area contributed by atoms with Crippen molar-refractivity contribution in [1.29, 1.82) is 0 Å². The van der Waals surface area contributed by atoms with Crippen molar-refractivity contribution in [2.45, 2.75) is 18.2 Å². The van der Waals surface area contributed by atoms with Crippen molar-refractivity contribution in [2.24, 2.45) is 0 Å². The highest BCUT2D eigenvalue weighted by Gasteiger charge is 2.21. The molecule has 0 radical (unpaired) electrons. The topological polar surface area (TPSA) is 151 Å². The molecule has 0 aliphatic heterocycles. The number of thioether (sulfide) groups is 1. The summed E-state index contributed by atoms with van der Waals surface area (Å²) in [7, 11) is 2.95. The molecule has 3 rings (SSSR count). The summed E-state index contributed by atoms with van der Waals surface area (Å²) >= 11 is 7.00. The van der Waals surface area contributed by atoms with Crippen molar-refractivity contribution in [1.82, 2.24) is 19.1 Å². The first-order valence-corrected chi connectivity index (χ1v) is 11.1. The molecule has 176 valence electrons. The first-order valence-electron chi connectivity index (χ1n) is 9.75. The number of aromatic amines is 1. The van der Waals surface area contributed by atoms with Gasteiger partial charge in [0, 0.05) is 19.2 Å². The Hall–Kier alpha value is -2.93. The number of halogens is 1. The van der Waals surface area contributed by atoms with E-state index >= 15 is 0 Å². The predicted molar refractivity (Wildman–Crippen MR) is 126 cm³/mol. The summed E-state index contributed by atoms with van der Waals surface area (Å²) in [6, 6.07) is 4.73. The number of rotatable bonds is 10. The Balaban J connectivity index is 1.97. The summed E-state index contributed by atoms with van der Waals surface area (Å²) in [5.41, 5.74) is 4.07. The first-order chi connectivity index (χ1) is 15.8. The Morgan fingerprint density at radius 3 is 2.48 bits per heavy atom. The Kier molecular flexibility index (Phi) is 8.08. The van der Waals surface area contributed by atoms with Gasteiger partial charge < -0.3 is 15.2 Å². The molecule has 0 aliphatic carbocycles. The molecule has 0 bridgehead atoms. The number of Topliss-reactive ketones (excluding diaryl/α,β-unsaturated/α-hetero) is 1. The van der Waals surface area contributed by atoms with Gasteiger partial charge in [-0.3, -0.25) is 28.5 Å². The van der Waals surface area contributed by atoms with E-state index in [1.165, 1.54) is 18.8 Å². The van der Waals surface area contributed by atoms with Gasteiger partial charge in [0.25, 0.3) is 11.1 Å². The molecule has 33 heavy (non-hydrogen) atoms. The van der Waals surface area contributed by atoms with Gasteiger partial charge in [0.05, 0.1) is 43.0 Å². The van der Waals surface area contributed by atoms with Gasteiger partial charge in [-0.2, -0.15) is 0 Å². The minimum absolute atomic E-state index is 0.0644. The molecule has 0 fully saturated rings. The molecule has 0 saturated carbocycles. The summed E-state index contributed by atoms with van der Waals surface area (Å²) in [5, 5.41) is 1.04. The number of methoxy groups -OCH3 is 2. The van der Waals surface area contributed by atoms with Crippen LogP contribution in [0.4, 0.5) is 5.82 Å². The van der Waals surface area contributed by atoms with Gasteiger partial charge >= 0.3 is 5.69 Å². The Labute approximate surface area is 196 Å². The molecule has 11 nitrogen and oxygen atoms in total. The van der Waals surface area contributed by atoms with Gasteiger partial charge in [-0.1, -0.05) is 23.4 Å². The van der Waals surface area contributed by atoms with E-state index in [0.717, 1.165) is 16.3 Å². The van der Waals surface area contributed by atoms with Crippen LogP contribution in [0.15, 0.2) is 37.7 Å². The molecule has 3 aromatic rings. The third-order valence-corrected chi connectivity index (χ3v) is 5.98. The molecule has 0 aliphatic rings. The summed E-state index contributed by atoms with van der Waals surface area (Å²) in [6.07, 6.45) is 0. The number of H-pyrrole nitrogens is 1. The van der Waals surface area contributed by atoms with Gasteiger partial charge in [-0.25, -0.2) is 9.78 Å². The zero-order valence-corrected chi connectivity index (χ0v) is 19.5. The fraction of sp³-hybridized carbons (Fsp3) is 0.350. The second kappa shape index (κ2) is 10.8. The third-order valence-electron chi connectivity index (χ3n) is 4.77. The number of hydrogen-bond donors (Lipinski definition) is 2. The van der Waals surface area contributed by atoms with Crippen LogP contribution < -0.4 is 22.5 Å². The lowest BCUT2D eigenvalue weighted by Gasteiger charge is -2.14. The smallest absolute Gasteiger partial charge is 0.330 e. The fourth-order valence-electron chi connectivity index (χ4n) is 3.13. The molecule has 2 heterocycles. The highest BCUT2D eigenvalue weighted by Crippen LogP contribution is 2.21. The van der Waals surface area contributed by atoms with E-state index in [1.54, 1.807) is 18.2 Å². The monoisotopic (exact) mass is 495 g/mol. The van der Waals surface area contributed by atoms with Crippen LogP contribution in [0.3, 0.4) is 0 Å². The van der Waals surface area contributed by atoms with Crippen LogP contribution in [0.5, 0.6) is 0 Å². The number of aromatic nitrogens is 4. The third kappa shape index (κ3) is 5.36. The maximum atomic E-state index is 13.0. The Bertz CT molecular complexity index is 1370. The predicted octanol–water partition coefficient (Wildman–Crippen LogP) is 0.750. The number of carbonyl (C=O) groups excluding carboxylic acids is 1. The SMILES string of the molecule is COCCn1c(N)c(C(=O)CSc2nc3cc(Cl)ccc3c(=O)n2CCOC)c(=O)[nH]c1=O. The summed E-state index contributed by atoms with van der Waals surface area (Å²) in [6.45, 7) is 0.685. The van der Waals surface area contributed by atoms with Gasteiger partial charge in [-0.15, -0.1) is 0 Å². The number of ketones is 1. The van der Waals surface area contributed by atoms with Crippen molar-refractivity contribution >= 4 is 45.9 Å². The van der Waals surface area contributed by atoms with E-state index in [-0.39, 0.29) is 54.2 Å². The van der Waals surface area contributed by atoms with Crippen molar-refractivity contribution in [3.05, 3.63) is 60.0 Å². The van der Waals surface area contributed by atoms with Crippen molar-refractivity contribution in [2.75, 3.05) is 38.9 Å². The number of nitrogens with two attached hydrogens (primary N) is 1. The number of anilines is 1. The standard InChI is InChI=1S/C20H22ClN5O6S/c1-31-7-5-25-16(22)15(17(28)24-19(25)30)14(27)10-33-20-23-13-9-11(21)3-4-12(13)18(29)26(20)6-8-32-2/h3-4,9H,5-8,10,22H2,1-2H3,(H,24,28,30). The highest BCUT2D eigenvalue weighted by molar-refractivity contribution is 7.99. The number of benzene rings is 1. The lowest BCUT2D eigenvalue weighted by Crippen LogP contribution is -2.37. The van der Waals surface area contributed by atoms with Gasteiger partial charge in [0.1, 0.15) is 11.4 Å². The van der Waals surface area contributed by atoms with Crippen LogP contribution in [0.1, 0.15) is 10.4 Å². The molecule has 3 N–H and O–H groups in total. The van der Waals surface area contributed by atoms with Crippen molar-refractivity contribution in [3.8, 4) is 0 Å². The van der Waals surface area contributed by atoms with E-state index in [1.807, 2.05) is 0 Å². The zero-order chi connectivity index (χ0) is 24.1. The number of fused-ring (bicyclic) bond motifs is 1. The van der Waals surface area contributed by atoms with Crippen LogP contribution in [0.2, 0.25) is 5.02 Å². The molecule has 2 aromatic heterocycles. The van der Waals surface area contributed by atoms with Crippen LogP contribution in [0, 0.1) is 0 Å². The number of nitrogen functional groups attached to an aromatic ring is 1. The maximum Gasteiger partial charge on any atom is 0.330 e. The average molecular weight is 496 g/mol. The molecule has 0 unspecified atom stereocenters. The van der Waals surface area contributed by atoms with E-state index in [9.17, 15) is 19.2 Å². The summed E-state index contributed by atoms with van der Waals surface area (Å²) < 4.78 is 12.5. The quantitative estimate of drug-likeness (QED) is 0.236. The maximum absolute atomic E-state index is 13.0. The first kappa shape index (κ1) is 24.7. The molecule has 1 aromatic carbocycles. The van der Waals surface area contributed by atoms with Crippen LogP contribution >= 0.6 is 23.4 Å². The Morgan fingerprint density at radius 2 is 1.82 bits per heavy atom. The second-order valence-corrected chi connectivity index (χ2v) is 8.26. The normalized spacial score (nSPS) is 11.2. The van der Waals surface area contributed by atoms with Gasteiger partial charge in [0.2, 0.25) is 0 Å². The number of carbonyl (C=O) groups is 1. The molecule has 0 atom stereocenters. The fourth-order valence-corrected chi connectivity index (χ4v) is 4.19. The van der Waals surface area contributed by atoms with Crippen LogP contribution in [-0.2, 0) is 22.6 Å². The van der Waals surface area contributed by atoms with E-state index in [2.05, 4.69) is 9.97 Å². The second-order valence-electron chi connectivity index (χ2n) is 6.88. The number of ether oxygens (including phenoxy) is 2. The number of nitrogens with one attached hydrogen (secondary N) is 1. The number of nitrogens with zero attached hydrogens (tertiary/aromatic N) is 3. The van der Waals surface area contributed by atoms with E-state index in [0.29, 0.717) is 15.9 Å². The lowest BCUT2D eigenvalue weighted by atomic mass is 10.2. The summed E-state index contributed by atoms with van der Waals surface area (Å²) in [4.78, 5) is 56.8. The molecular formula is C20H22ClN5O6S. The Morgan fingerprint density at radius 1 is 1.15 bits per heavy atom. The zero-order valence-electron chi connectivity index (χ0n) is 17.9. The molecule has 0 saturated heterocycles. The molecule has 0 spiro atoms. The highest BCUT2D eigenvalue weighted by atomic mass is 35.5. The minimum atomic E-state index is -0.883. The van der Waals surface area contributed by atoms with Gasteiger partial charge in [0.15, 0.2) is 10.9 Å². The van der Waals surface area contributed by atoms with Crippen LogP contribution in [-0.4, -0.2) is 58.1 Å². The average Bonchev–Trinajstić information content (AvgIpc) is 2.76. The van der Waals surface area contributed by atoms with Crippen molar-refractivity contribution in [3.63, 3.8) is 0 Å². The van der Waals surface area contributed by atoms with E-state index < -0.39 is 17.0 Å². The number of hydrogen-bond acceptors (Lipinski definition) is 9. The minimum Gasteiger partial charge on any atom is -0.384 e.